The van der Waals surface area contributed by atoms with Crippen LogP contribution in [0.4, 0.5) is 0 Å². The highest BCUT2D eigenvalue weighted by molar-refractivity contribution is 5.07. The molecule has 0 spiro atoms. The molecule has 5 rings (SSSR count). The lowest BCUT2D eigenvalue weighted by atomic mass is 9.46. The molecule has 1 atom stereocenters. The highest BCUT2D eigenvalue weighted by Crippen LogP contribution is 2.62. The average Bonchev–Trinajstić information content (AvgIpc) is 2.47. The van der Waals surface area contributed by atoms with Crippen molar-refractivity contribution in [1.82, 2.24) is 5.32 Å². The van der Waals surface area contributed by atoms with Crippen LogP contribution >= 0.6 is 0 Å². The first-order valence-corrected chi connectivity index (χ1v) is 9.89. The van der Waals surface area contributed by atoms with Gasteiger partial charge in [-0.25, -0.2) is 0 Å². The summed E-state index contributed by atoms with van der Waals surface area (Å²) in [4.78, 5) is 0. The predicted octanol–water partition coefficient (Wildman–Crippen LogP) is 5.01. The van der Waals surface area contributed by atoms with Crippen LogP contribution in [0.2, 0.25) is 0 Å². The Kier molecular flexibility index (Phi) is 3.84. The molecule has 5 aliphatic rings. The lowest BCUT2D eigenvalue weighted by molar-refractivity contribution is -0.0874. The Bertz CT molecular complexity index is 331. The molecule has 1 N–H and O–H groups in total. The van der Waals surface area contributed by atoms with Crippen LogP contribution in [0, 0.1) is 35.0 Å². The standard InChI is InChI=1S/C20H35N/c1-3-14-4-6-18(7-5-14)19(21-2)20-11-15-8-16(12-20)10-17(9-15)13-20/h14-19,21H,3-13H2,1-2H3. The fourth-order valence-corrected chi connectivity index (χ4v) is 7.53. The topological polar surface area (TPSA) is 12.0 Å². The number of rotatable bonds is 4. The molecule has 0 aromatic rings. The zero-order chi connectivity index (χ0) is 14.4. The first kappa shape index (κ1) is 14.5. The third-order valence-corrected chi connectivity index (χ3v) is 8.00. The quantitative estimate of drug-likeness (QED) is 0.767. The Labute approximate surface area is 131 Å². The maximum Gasteiger partial charge on any atom is 0.0149 e. The molecule has 0 aromatic carbocycles. The monoisotopic (exact) mass is 289 g/mol. The van der Waals surface area contributed by atoms with Crippen molar-refractivity contribution in [2.75, 3.05) is 7.05 Å². The minimum atomic E-state index is 0.702. The first-order valence-electron chi connectivity index (χ1n) is 9.89. The largest absolute Gasteiger partial charge is 0.316 e. The van der Waals surface area contributed by atoms with E-state index in [4.69, 9.17) is 0 Å². The van der Waals surface area contributed by atoms with Gasteiger partial charge in [0.1, 0.15) is 0 Å². The maximum atomic E-state index is 3.86. The summed E-state index contributed by atoms with van der Waals surface area (Å²) < 4.78 is 0. The molecule has 0 radical (unpaired) electrons. The molecular formula is C20H35N. The van der Waals surface area contributed by atoms with Crippen LogP contribution in [0.1, 0.15) is 77.6 Å². The number of hydrogen-bond acceptors (Lipinski definition) is 1. The molecule has 0 aliphatic heterocycles. The van der Waals surface area contributed by atoms with E-state index in [1.807, 2.05) is 0 Å². The predicted molar refractivity (Wildman–Crippen MR) is 89.2 cm³/mol. The zero-order valence-electron chi connectivity index (χ0n) is 14.2. The minimum Gasteiger partial charge on any atom is -0.316 e. The Hall–Kier alpha value is -0.0400. The van der Waals surface area contributed by atoms with Crippen molar-refractivity contribution in [1.29, 1.82) is 0 Å². The van der Waals surface area contributed by atoms with Gasteiger partial charge < -0.3 is 5.32 Å². The maximum absolute atomic E-state index is 3.86. The van der Waals surface area contributed by atoms with Gasteiger partial charge in [-0.1, -0.05) is 26.2 Å². The van der Waals surface area contributed by atoms with E-state index in [0.717, 1.165) is 35.6 Å². The lowest BCUT2D eigenvalue weighted by Crippen LogP contribution is -2.58. The first-order chi connectivity index (χ1) is 10.2. The highest BCUT2D eigenvalue weighted by atomic mass is 14.9. The normalized spacial score (nSPS) is 50.3. The molecular weight excluding hydrogens is 254 g/mol. The minimum absolute atomic E-state index is 0.702. The van der Waals surface area contributed by atoms with E-state index >= 15 is 0 Å². The van der Waals surface area contributed by atoms with Gasteiger partial charge in [-0.05, 0) is 93.4 Å². The van der Waals surface area contributed by atoms with Gasteiger partial charge in [-0.15, -0.1) is 0 Å². The third kappa shape index (κ3) is 2.48. The van der Waals surface area contributed by atoms with Crippen LogP contribution < -0.4 is 5.32 Å². The second kappa shape index (κ2) is 5.55. The van der Waals surface area contributed by atoms with Gasteiger partial charge >= 0.3 is 0 Å². The van der Waals surface area contributed by atoms with Crippen molar-refractivity contribution in [3.63, 3.8) is 0 Å². The lowest BCUT2D eigenvalue weighted by Gasteiger charge is -2.61. The van der Waals surface area contributed by atoms with E-state index in [2.05, 4.69) is 19.3 Å². The van der Waals surface area contributed by atoms with Crippen molar-refractivity contribution >= 4 is 0 Å². The smallest absolute Gasteiger partial charge is 0.0149 e. The summed E-state index contributed by atoms with van der Waals surface area (Å²) >= 11 is 0. The SMILES string of the molecule is CCC1CCC(C(NC)C23CC4CC(CC(C4)C2)C3)CC1. The van der Waals surface area contributed by atoms with Crippen LogP contribution in [0.3, 0.4) is 0 Å². The molecule has 5 aliphatic carbocycles. The summed E-state index contributed by atoms with van der Waals surface area (Å²) in [6.45, 7) is 2.39. The molecule has 21 heavy (non-hydrogen) atoms. The molecule has 0 aromatic heterocycles. The van der Waals surface area contributed by atoms with Crippen molar-refractivity contribution in [2.45, 2.75) is 83.6 Å². The Morgan fingerprint density at radius 3 is 1.86 bits per heavy atom. The zero-order valence-corrected chi connectivity index (χ0v) is 14.2. The summed E-state index contributed by atoms with van der Waals surface area (Å²) in [6.07, 6.45) is 16.9. The molecule has 0 heterocycles. The van der Waals surface area contributed by atoms with Gasteiger partial charge in [-0.3, -0.25) is 0 Å². The molecule has 5 saturated carbocycles. The van der Waals surface area contributed by atoms with Crippen molar-refractivity contribution in [2.24, 2.45) is 35.0 Å². The van der Waals surface area contributed by atoms with Crippen LogP contribution in [-0.2, 0) is 0 Å². The summed E-state index contributed by atoms with van der Waals surface area (Å²) in [6, 6.07) is 0.837. The fourth-order valence-electron chi connectivity index (χ4n) is 7.53. The highest BCUT2D eigenvalue weighted by Gasteiger charge is 2.55. The van der Waals surface area contributed by atoms with E-state index in [9.17, 15) is 0 Å². The summed E-state index contributed by atoms with van der Waals surface area (Å²) in [5.74, 6) is 5.31. The second-order valence-electron chi connectivity index (χ2n) is 9.24. The number of nitrogens with one attached hydrogen (secondary N) is 1. The van der Waals surface area contributed by atoms with E-state index in [0.29, 0.717) is 5.41 Å². The van der Waals surface area contributed by atoms with Crippen LogP contribution in [0.15, 0.2) is 0 Å². The summed E-state index contributed by atoms with van der Waals surface area (Å²) in [5, 5.41) is 3.86. The molecule has 0 amide bonds. The van der Waals surface area contributed by atoms with Gasteiger partial charge in [0.05, 0.1) is 0 Å². The van der Waals surface area contributed by atoms with E-state index in [1.54, 1.807) is 38.5 Å². The van der Waals surface area contributed by atoms with Crippen LogP contribution in [0.5, 0.6) is 0 Å². The Morgan fingerprint density at radius 1 is 0.905 bits per heavy atom. The van der Waals surface area contributed by atoms with Crippen molar-refractivity contribution in [3.8, 4) is 0 Å². The summed E-state index contributed by atoms with van der Waals surface area (Å²) in [5.41, 5.74) is 0.702. The molecule has 0 saturated heterocycles. The Balaban J connectivity index is 1.50. The van der Waals surface area contributed by atoms with Gasteiger partial charge in [0, 0.05) is 6.04 Å². The average molecular weight is 290 g/mol. The van der Waals surface area contributed by atoms with Crippen LogP contribution in [0.25, 0.3) is 0 Å². The molecule has 120 valence electrons. The van der Waals surface area contributed by atoms with E-state index < -0.39 is 0 Å². The van der Waals surface area contributed by atoms with Crippen molar-refractivity contribution < 1.29 is 0 Å². The summed E-state index contributed by atoms with van der Waals surface area (Å²) in [7, 11) is 2.27. The van der Waals surface area contributed by atoms with Crippen LogP contribution in [-0.4, -0.2) is 13.1 Å². The van der Waals surface area contributed by atoms with Gasteiger partial charge in [0.25, 0.3) is 0 Å². The number of hydrogen-bond donors (Lipinski definition) is 1. The fraction of sp³-hybridized carbons (Fsp3) is 1.00. The molecule has 5 fully saturated rings. The molecule has 1 nitrogen and oxygen atoms in total. The van der Waals surface area contributed by atoms with E-state index in [-0.39, 0.29) is 0 Å². The van der Waals surface area contributed by atoms with Gasteiger partial charge in [0.15, 0.2) is 0 Å². The van der Waals surface area contributed by atoms with E-state index in [1.165, 1.54) is 32.1 Å². The molecule has 4 bridgehead atoms. The van der Waals surface area contributed by atoms with Gasteiger partial charge in [0.2, 0.25) is 0 Å². The van der Waals surface area contributed by atoms with Crippen molar-refractivity contribution in [3.05, 3.63) is 0 Å². The third-order valence-electron chi connectivity index (χ3n) is 8.00. The molecule has 1 unspecified atom stereocenters. The second-order valence-corrected chi connectivity index (χ2v) is 9.24. The Morgan fingerprint density at radius 2 is 1.43 bits per heavy atom. The van der Waals surface area contributed by atoms with Gasteiger partial charge in [-0.2, -0.15) is 0 Å². The molecule has 1 heteroatoms.